The summed E-state index contributed by atoms with van der Waals surface area (Å²) in [6.07, 6.45) is 1.22. The van der Waals surface area contributed by atoms with Crippen molar-refractivity contribution in [1.82, 2.24) is 9.55 Å². The van der Waals surface area contributed by atoms with Crippen LogP contribution in [0.25, 0.3) is 16.0 Å². The number of carbonyl (C=O) groups is 1. The van der Waals surface area contributed by atoms with E-state index >= 15 is 0 Å². The Hall–Kier alpha value is -2.07. The third-order valence-electron chi connectivity index (χ3n) is 4.64. The zero-order chi connectivity index (χ0) is 22.3. The first-order valence-electron chi connectivity index (χ1n) is 8.99. The average molecular weight is 587 g/mol. The largest absolute Gasteiger partial charge is 0.505 e. The molecule has 0 saturated heterocycles. The van der Waals surface area contributed by atoms with E-state index in [4.69, 9.17) is 21.1 Å². The molecule has 0 unspecified atom stereocenters. The van der Waals surface area contributed by atoms with Crippen molar-refractivity contribution in [2.45, 2.75) is 13.0 Å². The summed E-state index contributed by atoms with van der Waals surface area (Å²) in [5.74, 6) is -0.0759. The maximum absolute atomic E-state index is 12.4. The molecule has 0 saturated carbocycles. The van der Waals surface area contributed by atoms with Crippen molar-refractivity contribution in [1.29, 1.82) is 0 Å². The Balaban J connectivity index is 1.80. The number of phenolic OH excluding ortho intramolecular Hbond substituents is 1. The Morgan fingerprint density at radius 1 is 1.29 bits per heavy atom. The third kappa shape index (κ3) is 4.07. The fourth-order valence-corrected chi connectivity index (χ4v) is 5.68. The number of benzene rings is 2. The van der Waals surface area contributed by atoms with Gasteiger partial charge < -0.3 is 14.6 Å². The molecule has 2 aromatic heterocycles. The molecule has 0 fully saturated rings. The van der Waals surface area contributed by atoms with Crippen LogP contribution in [0, 0.1) is 0 Å². The monoisotopic (exact) mass is 584 g/mol. The second kappa shape index (κ2) is 8.82. The second-order valence-electron chi connectivity index (χ2n) is 6.55. The van der Waals surface area contributed by atoms with Gasteiger partial charge in [0.05, 0.1) is 27.1 Å². The van der Waals surface area contributed by atoms with Crippen molar-refractivity contribution in [3.05, 3.63) is 67.1 Å². The topological polar surface area (TPSA) is 73.6 Å². The number of nitrogens with zero attached hydrogens (tertiary/aromatic N) is 2. The number of methoxy groups -OCH3 is 1. The van der Waals surface area contributed by atoms with E-state index in [-0.39, 0.29) is 5.75 Å². The molecular formula is C21H15Br2ClN2O4S. The van der Waals surface area contributed by atoms with Crippen LogP contribution in [0.4, 0.5) is 0 Å². The number of imidazole rings is 1. The molecular weight excluding hydrogens is 572 g/mol. The van der Waals surface area contributed by atoms with Crippen LogP contribution in [0.3, 0.4) is 0 Å². The highest BCUT2D eigenvalue weighted by molar-refractivity contribution is 9.11. The third-order valence-corrected chi connectivity index (χ3v) is 7.44. The van der Waals surface area contributed by atoms with Crippen molar-refractivity contribution in [2.75, 3.05) is 7.11 Å². The van der Waals surface area contributed by atoms with Gasteiger partial charge in [-0.3, -0.25) is 4.57 Å². The molecule has 10 heteroatoms. The summed E-state index contributed by atoms with van der Waals surface area (Å²) in [6, 6.07) is 10.8. The van der Waals surface area contributed by atoms with Crippen LogP contribution in [0.2, 0.25) is 5.02 Å². The smallest absolute Gasteiger partial charge is 0.351 e. The van der Waals surface area contributed by atoms with E-state index in [1.165, 1.54) is 18.4 Å². The summed E-state index contributed by atoms with van der Waals surface area (Å²) >= 11 is 14.2. The van der Waals surface area contributed by atoms with Crippen LogP contribution in [-0.2, 0) is 4.74 Å². The summed E-state index contributed by atoms with van der Waals surface area (Å²) in [7, 11) is 1.32. The van der Waals surface area contributed by atoms with Gasteiger partial charge in [-0.15, -0.1) is 11.3 Å². The molecule has 0 radical (unpaired) electrons. The zero-order valence-corrected chi connectivity index (χ0v) is 21.0. The van der Waals surface area contributed by atoms with Gasteiger partial charge in [0, 0.05) is 16.7 Å². The van der Waals surface area contributed by atoms with Gasteiger partial charge in [0.15, 0.2) is 4.88 Å². The summed E-state index contributed by atoms with van der Waals surface area (Å²) in [5.41, 5.74) is 2.12. The Kier molecular flexibility index (Phi) is 6.30. The molecule has 31 heavy (non-hydrogen) atoms. The average Bonchev–Trinajstić information content (AvgIpc) is 3.36. The van der Waals surface area contributed by atoms with Crippen LogP contribution in [0.15, 0.2) is 51.7 Å². The van der Waals surface area contributed by atoms with Gasteiger partial charge in [-0.05, 0) is 50.9 Å². The maximum Gasteiger partial charge on any atom is 0.351 e. The number of fused-ring (bicyclic) bond motifs is 1. The predicted octanol–water partition coefficient (Wildman–Crippen LogP) is 6.90. The maximum atomic E-state index is 12.4. The van der Waals surface area contributed by atoms with Crippen molar-refractivity contribution in [3.63, 3.8) is 0 Å². The van der Waals surface area contributed by atoms with E-state index in [1.807, 2.05) is 25.1 Å². The number of hydrogen-bond donors (Lipinski definition) is 1. The molecule has 0 aliphatic carbocycles. The van der Waals surface area contributed by atoms with Gasteiger partial charge in [-0.1, -0.05) is 29.8 Å². The summed E-state index contributed by atoms with van der Waals surface area (Å²) in [6.45, 7) is 1.86. The van der Waals surface area contributed by atoms with E-state index in [9.17, 15) is 9.90 Å². The summed E-state index contributed by atoms with van der Waals surface area (Å²) in [4.78, 5) is 17.2. The highest BCUT2D eigenvalue weighted by Gasteiger charge is 2.24. The van der Waals surface area contributed by atoms with Crippen molar-refractivity contribution >= 4 is 71.8 Å². The molecule has 4 aromatic rings. The summed E-state index contributed by atoms with van der Waals surface area (Å²) < 4.78 is 13.9. The molecule has 160 valence electrons. The van der Waals surface area contributed by atoms with Crippen molar-refractivity contribution < 1.29 is 19.4 Å². The Bertz CT molecular complexity index is 1300. The lowest BCUT2D eigenvalue weighted by Crippen LogP contribution is -2.07. The number of phenols is 1. The Morgan fingerprint density at radius 3 is 2.74 bits per heavy atom. The van der Waals surface area contributed by atoms with Crippen LogP contribution < -0.4 is 4.74 Å². The number of hydrogen-bond acceptors (Lipinski definition) is 6. The van der Waals surface area contributed by atoms with Crippen LogP contribution in [-0.4, -0.2) is 27.7 Å². The number of aromatic hydroxyl groups is 1. The molecule has 1 atom stereocenters. The first kappa shape index (κ1) is 22.1. The zero-order valence-electron chi connectivity index (χ0n) is 16.2. The van der Waals surface area contributed by atoms with Gasteiger partial charge >= 0.3 is 5.97 Å². The molecule has 0 spiro atoms. The standard InChI is InChI=1S/C21H15Br2ClN2O4S/c1-10(11-5-3-4-6-13(11)24)30-15-8-16(31-20(15)21(28)29-2)26-9-25-14-7-12(22)19(27)17(23)18(14)26/h3-10,27H,1-2H3/t10-/m1/s1. The molecule has 0 aliphatic rings. The van der Waals surface area contributed by atoms with Crippen LogP contribution in [0.1, 0.15) is 28.3 Å². The number of thiophene rings is 1. The number of rotatable bonds is 5. The van der Waals surface area contributed by atoms with Crippen molar-refractivity contribution in [2.24, 2.45) is 0 Å². The molecule has 1 N–H and O–H groups in total. The normalized spacial score (nSPS) is 12.2. The van der Waals surface area contributed by atoms with E-state index in [2.05, 4.69) is 36.8 Å². The van der Waals surface area contributed by atoms with E-state index in [1.54, 1.807) is 29.1 Å². The summed E-state index contributed by atoms with van der Waals surface area (Å²) in [5, 5.41) is 11.6. The fourth-order valence-electron chi connectivity index (χ4n) is 3.12. The molecule has 6 nitrogen and oxygen atoms in total. The quantitative estimate of drug-likeness (QED) is 0.258. The van der Waals surface area contributed by atoms with Crippen LogP contribution in [0.5, 0.6) is 11.5 Å². The molecule has 2 aromatic carbocycles. The SMILES string of the molecule is COC(=O)c1sc(-n2cnc3cc(Br)c(O)c(Br)c32)cc1O[C@H](C)c1ccccc1Cl. The lowest BCUT2D eigenvalue weighted by molar-refractivity contribution is 0.0600. The van der Waals surface area contributed by atoms with Gasteiger partial charge in [-0.2, -0.15) is 0 Å². The molecule has 0 amide bonds. The predicted molar refractivity (Wildman–Crippen MR) is 128 cm³/mol. The lowest BCUT2D eigenvalue weighted by Gasteiger charge is -2.16. The minimum absolute atomic E-state index is 0.0582. The minimum atomic E-state index is -0.508. The number of aromatic nitrogens is 2. The molecule has 2 heterocycles. The number of esters is 1. The lowest BCUT2D eigenvalue weighted by atomic mass is 10.1. The Labute approximate surface area is 203 Å². The van der Waals surface area contributed by atoms with Gasteiger partial charge in [0.25, 0.3) is 0 Å². The van der Waals surface area contributed by atoms with Gasteiger partial charge in [0.2, 0.25) is 0 Å². The molecule has 0 aliphatic heterocycles. The van der Waals surface area contributed by atoms with Crippen LogP contribution >= 0.6 is 54.8 Å². The highest BCUT2D eigenvalue weighted by atomic mass is 79.9. The second-order valence-corrected chi connectivity index (χ2v) is 9.64. The fraction of sp³-hybridized carbons (Fsp3) is 0.143. The number of ether oxygens (including phenoxy) is 2. The number of carbonyl (C=O) groups excluding carboxylic acids is 1. The van der Waals surface area contributed by atoms with E-state index in [0.717, 1.165) is 5.56 Å². The minimum Gasteiger partial charge on any atom is -0.505 e. The molecule has 4 rings (SSSR count). The number of halogens is 3. The van der Waals surface area contributed by atoms with Crippen molar-refractivity contribution in [3.8, 4) is 16.5 Å². The first-order valence-corrected chi connectivity index (χ1v) is 11.8. The first-order chi connectivity index (χ1) is 14.8. The van der Waals surface area contributed by atoms with Gasteiger partial charge in [0.1, 0.15) is 28.9 Å². The molecule has 0 bridgehead atoms. The van der Waals surface area contributed by atoms with E-state index < -0.39 is 12.1 Å². The van der Waals surface area contributed by atoms with Gasteiger partial charge in [-0.25, -0.2) is 9.78 Å². The highest BCUT2D eigenvalue weighted by Crippen LogP contribution is 2.42. The van der Waals surface area contributed by atoms with E-state index in [0.29, 0.717) is 40.6 Å². The Morgan fingerprint density at radius 2 is 2.03 bits per heavy atom.